The zero-order valence-corrected chi connectivity index (χ0v) is 20.0. The Kier molecular flexibility index (Phi) is 6.76. The smallest absolute Gasteiger partial charge is 0.271 e. The van der Waals surface area contributed by atoms with Crippen LogP contribution in [0.2, 0.25) is 0 Å². The number of hydrogen-bond acceptors (Lipinski definition) is 3. The fraction of sp³-hybridized carbons (Fsp3) is 0.143. The van der Waals surface area contributed by atoms with Gasteiger partial charge in [-0.05, 0) is 101 Å². The van der Waals surface area contributed by atoms with Crippen LogP contribution in [-0.2, 0) is 0 Å². The highest BCUT2D eigenvalue weighted by Gasteiger charge is 2.11. The number of carbonyl (C=O) groups is 1. The van der Waals surface area contributed by atoms with Crippen LogP contribution in [0, 0.1) is 21.0 Å². The molecule has 0 aliphatic rings. The third-order valence-electron chi connectivity index (χ3n) is 4.32. The van der Waals surface area contributed by atoms with E-state index >= 15 is 0 Å². The van der Waals surface area contributed by atoms with Crippen LogP contribution in [-0.4, -0.2) is 23.8 Å². The highest BCUT2D eigenvalue weighted by Crippen LogP contribution is 2.22. The number of halogens is 2. The molecule has 0 aliphatic carbocycles. The van der Waals surface area contributed by atoms with Gasteiger partial charge < -0.3 is 9.30 Å². The SMILES string of the molecule is COc1cc(C(=O)N/N=C\c2cc(C)n(-c3cccc(I)c3)c2C)ccc1I. The van der Waals surface area contributed by atoms with E-state index in [9.17, 15) is 4.79 Å². The molecule has 5 nitrogen and oxygen atoms in total. The Morgan fingerprint density at radius 3 is 2.64 bits per heavy atom. The molecule has 7 heteroatoms. The van der Waals surface area contributed by atoms with Gasteiger partial charge in [0, 0.05) is 31.8 Å². The van der Waals surface area contributed by atoms with Gasteiger partial charge in [-0.3, -0.25) is 4.79 Å². The van der Waals surface area contributed by atoms with Gasteiger partial charge in [-0.1, -0.05) is 6.07 Å². The zero-order valence-electron chi connectivity index (χ0n) is 15.7. The van der Waals surface area contributed by atoms with Crippen molar-refractivity contribution in [3.05, 3.63) is 78.2 Å². The molecule has 3 rings (SSSR count). The fourth-order valence-corrected chi connectivity index (χ4v) is 4.04. The van der Waals surface area contributed by atoms with E-state index in [-0.39, 0.29) is 5.91 Å². The van der Waals surface area contributed by atoms with Crippen LogP contribution >= 0.6 is 45.2 Å². The zero-order chi connectivity index (χ0) is 20.3. The molecule has 0 atom stereocenters. The Labute approximate surface area is 191 Å². The summed E-state index contributed by atoms with van der Waals surface area (Å²) in [6.45, 7) is 4.10. The molecule has 1 aromatic heterocycles. The first-order valence-electron chi connectivity index (χ1n) is 8.52. The number of hydrogen-bond donors (Lipinski definition) is 1. The predicted octanol–water partition coefficient (Wildman–Crippen LogP) is 5.08. The Hall–Kier alpha value is -1.88. The van der Waals surface area contributed by atoms with E-state index in [1.165, 1.54) is 3.57 Å². The van der Waals surface area contributed by atoms with E-state index < -0.39 is 0 Å². The van der Waals surface area contributed by atoms with E-state index in [4.69, 9.17) is 4.74 Å². The number of carbonyl (C=O) groups excluding carboxylic acids is 1. The first-order valence-corrected chi connectivity index (χ1v) is 10.7. The summed E-state index contributed by atoms with van der Waals surface area (Å²) in [5.74, 6) is 0.385. The lowest BCUT2D eigenvalue weighted by Crippen LogP contribution is -2.17. The molecule has 1 heterocycles. The number of nitrogens with zero attached hydrogens (tertiary/aromatic N) is 2. The highest BCUT2D eigenvalue weighted by molar-refractivity contribution is 14.1. The molecular weight excluding hydrogens is 580 g/mol. The fourth-order valence-electron chi connectivity index (χ4n) is 2.96. The molecular formula is C21H19I2N3O2. The quantitative estimate of drug-likeness (QED) is 0.253. The van der Waals surface area contributed by atoms with Gasteiger partial charge in [-0.15, -0.1) is 0 Å². The van der Waals surface area contributed by atoms with Crippen LogP contribution in [0.15, 0.2) is 53.6 Å². The summed E-state index contributed by atoms with van der Waals surface area (Å²) < 4.78 is 9.56. The predicted molar refractivity (Wildman–Crippen MR) is 129 cm³/mol. The lowest BCUT2D eigenvalue weighted by Gasteiger charge is -2.09. The largest absolute Gasteiger partial charge is 0.496 e. The second-order valence-corrected chi connectivity index (χ2v) is 8.60. The summed E-state index contributed by atoms with van der Waals surface area (Å²) in [5.41, 5.74) is 7.32. The molecule has 28 heavy (non-hydrogen) atoms. The number of amides is 1. The normalized spacial score (nSPS) is 11.0. The van der Waals surface area contributed by atoms with Crippen molar-refractivity contribution in [2.75, 3.05) is 7.11 Å². The van der Waals surface area contributed by atoms with Crippen molar-refractivity contribution in [3.8, 4) is 11.4 Å². The number of nitrogens with one attached hydrogen (secondary N) is 1. The Balaban J connectivity index is 1.78. The number of hydrazone groups is 1. The molecule has 0 fully saturated rings. The van der Waals surface area contributed by atoms with E-state index in [2.05, 4.69) is 91.5 Å². The van der Waals surface area contributed by atoms with Crippen molar-refractivity contribution < 1.29 is 9.53 Å². The minimum Gasteiger partial charge on any atom is -0.496 e. The number of aryl methyl sites for hydroxylation is 1. The number of aromatic nitrogens is 1. The number of ether oxygens (including phenoxy) is 1. The highest BCUT2D eigenvalue weighted by atomic mass is 127. The van der Waals surface area contributed by atoms with Crippen molar-refractivity contribution in [3.63, 3.8) is 0 Å². The Morgan fingerprint density at radius 1 is 1.14 bits per heavy atom. The number of methoxy groups -OCH3 is 1. The maximum Gasteiger partial charge on any atom is 0.271 e. The van der Waals surface area contributed by atoms with Gasteiger partial charge in [0.2, 0.25) is 0 Å². The molecule has 0 unspecified atom stereocenters. The van der Waals surface area contributed by atoms with Gasteiger partial charge in [-0.2, -0.15) is 5.10 Å². The molecule has 0 spiro atoms. The summed E-state index contributed by atoms with van der Waals surface area (Å²) in [6.07, 6.45) is 1.68. The van der Waals surface area contributed by atoms with E-state index in [1.54, 1.807) is 25.5 Å². The second-order valence-electron chi connectivity index (χ2n) is 6.19. The maximum absolute atomic E-state index is 12.3. The molecule has 2 aromatic carbocycles. The third kappa shape index (κ3) is 4.57. The van der Waals surface area contributed by atoms with E-state index in [0.29, 0.717) is 11.3 Å². The van der Waals surface area contributed by atoms with Gasteiger partial charge in [-0.25, -0.2) is 5.43 Å². The molecule has 144 valence electrons. The second kappa shape index (κ2) is 9.08. The molecule has 3 aromatic rings. The molecule has 0 saturated carbocycles. The molecule has 0 aliphatic heterocycles. The lowest BCUT2D eigenvalue weighted by atomic mass is 10.2. The molecule has 0 bridgehead atoms. The van der Waals surface area contributed by atoms with Gasteiger partial charge in [0.05, 0.1) is 16.9 Å². The van der Waals surface area contributed by atoms with E-state index in [1.807, 2.05) is 19.1 Å². The molecule has 0 saturated heterocycles. The molecule has 1 N–H and O–H groups in total. The molecule has 0 radical (unpaired) electrons. The number of rotatable bonds is 5. The van der Waals surface area contributed by atoms with Gasteiger partial charge in [0.15, 0.2) is 0 Å². The third-order valence-corrected chi connectivity index (χ3v) is 5.88. The van der Waals surface area contributed by atoms with Crippen molar-refractivity contribution in [1.82, 2.24) is 9.99 Å². The Bertz CT molecular complexity index is 1060. The number of benzene rings is 2. The van der Waals surface area contributed by atoms with Crippen LogP contribution in [0.5, 0.6) is 5.75 Å². The minimum absolute atomic E-state index is 0.280. The monoisotopic (exact) mass is 599 g/mol. The summed E-state index contributed by atoms with van der Waals surface area (Å²) in [7, 11) is 1.58. The summed E-state index contributed by atoms with van der Waals surface area (Å²) in [5, 5.41) is 4.14. The van der Waals surface area contributed by atoms with Gasteiger partial charge in [0.25, 0.3) is 5.91 Å². The van der Waals surface area contributed by atoms with Crippen LogP contribution in [0.3, 0.4) is 0 Å². The first kappa shape index (κ1) is 20.8. The first-order chi connectivity index (χ1) is 13.4. The van der Waals surface area contributed by atoms with Crippen molar-refractivity contribution >= 4 is 57.3 Å². The van der Waals surface area contributed by atoms with Gasteiger partial charge in [0.1, 0.15) is 5.75 Å². The van der Waals surface area contributed by atoms with Crippen molar-refractivity contribution in [2.45, 2.75) is 13.8 Å². The topological polar surface area (TPSA) is 55.6 Å². The maximum atomic E-state index is 12.3. The van der Waals surface area contributed by atoms with Crippen LogP contribution in [0.1, 0.15) is 27.3 Å². The Morgan fingerprint density at radius 2 is 1.93 bits per heavy atom. The average molecular weight is 599 g/mol. The van der Waals surface area contributed by atoms with Crippen LogP contribution in [0.4, 0.5) is 0 Å². The summed E-state index contributed by atoms with van der Waals surface area (Å²) >= 11 is 4.47. The summed E-state index contributed by atoms with van der Waals surface area (Å²) in [6, 6.07) is 15.7. The lowest BCUT2D eigenvalue weighted by molar-refractivity contribution is 0.0954. The summed E-state index contributed by atoms with van der Waals surface area (Å²) in [4.78, 5) is 12.3. The van der Waals surface area contributed by atoms with Gasteiger partial charge >= 0.3 is 0 Å². The average Bonchev–Trinajstić information content (AvgIpc) is 2.95. The standard InChI is InChI=1S/C21H19I2N3O2/c1-13-9-16(14(2)26(13)18-6-4-5-17(22)11-18)12-24-25-21(27)15-7-8-19(23)20(10-15)28-3/h4-12H,1-3H3,(H,25,27)/b24-12-. The molecule has 1 amide bonds. The van der Waals surface area contributed by atoms with Crippen LogP contribution < -0.4 is 10.2 Å². The van der Waals surface area contributed by atoms with Crippen molar-refractivity contribution in [1.29, 1.82) is 0 Å². The van der Waals surface area contributed by atoms with Crippen molar-refractivity contribution in [2.24, 2.45) is 5.10 Å². The van der Waals surface area contributed by atoms with E-state index in [0.717, 1.165) is 26.2 Å². The minimum atomic E-state index is -0.280. The van der Waals surface area contributed by atoms with Crippen LogP contribution in [0.25, 0.3) is 5.69 Å².